The second-order valence-corrected chi connectivity index (χ2v) is 6.51. The number of ether oxygens (including phenoxy) is 1. The van der Waals surface area contributed by atoms with Crippen molar-refractivity contribution in [1.29, 1.82) is 0 Å². The first kappa shape index (κ1) is 16.8. The molecular weight excluding hydrogens is 340 g/mol. The van der Waals surface area contributed by atoms with E-state index in [1.807, 2.05) is 6.92 Å². The van der Waals surface area contributed by atoms with Crippen LogP contribution in [0, 0.1) is 13.8 Å². The van der Waals surface area contributed by atoms with Gasteiger partial charge in [0.05, 0.1) is 11.6 Å². The Hall–Kier alpha value is -3.00. The molecule has 2 heterocycles. The number of carboxylic acids is 1. The molecule has 0 bridgehead atoms. The lowest BCUT2D eigenvalue weighted by Crippen LogP contribution is -2.09. The SMILES string of the molecule is Cc1sc2ncnc(N/N=C\c3ccc(OCC(=O)O)cc3)c2c1C. The number of fused-ring (bicyclic) bond motifs is 1. The molecular formula is C17H16N4O3S. The summed E-state index contributed by atoms with van der Waals surface area (Å²) in [5.74, 6) is 0.156. The van der Waals surface area contributed by atoms with Crippen molar-refractivity contribution in [2.75, 3.05) is 12.0 Å². The first-order valence-corrected chi connectivity index (χ1v) is 8.30. The number of aromatic nitrogens is 2. The fraction of sp³-hybridized carbons (Fsp3) is 0.176. The molecule has 1 aromatic carbocycles. The van der Waals surface area contributed by atoms with E-state index in [0.717, 1.165) is 21.3 Å². The van der Waals surface area contributed by atoms with Crippen LogP contribution < -0.4 is 10.2 Å². The predicted molar refractivity (Wildman–Crippen MR) is 97.7 cm³/mol. The number of thiophene rings is 1. The summed E-state index contributed by atoms with van der Waals surface area (Å²) in [6.07, 6.45) is 3.17. The summed E-state index contributed by atoms with van der Waals surface area (Å²) in [7, 11) is 0. The number of anilines is 1. The van der Waals surface area contributed by atoms with Gasteiger partial charge in [0.15, 0.2) is 12.4 Å². The number of hydrogen-bond donors (Lipinski definition) is 2. The number of carboxylic acid groups (broad SMARTS) is 1. The van der Waals surface area contributed by atoms with Gasteiger partial charge in [-0.15, -0.1) is 11.3 Å². The minimum Gasteiger partial charge on any atom is -0.482 e. The number of aliphatic carboxylic acids is 1. The standard InChI is InChI=1S/C17H16N4O3S/c1-10-11(2)25-17-15(10)16(18-9-19-17)21-20-7-12-3-5-13(6-4-12)24-8-14(22)23/h3-7,9H,8H2,1-2H3,(H,22,23)(H,18,19,21)/b20-7-. The topological polar surface area (TPSA) is 96.7 Å². The van der Waals surface area contributed by atoms with Crippen LogP contribution in [-0.4, -0.2) is 33.9 Å². The molecule has 8 heteroatoms. The zero-order chi connectivity index (χ0) is 17.8. The Morgan fingerprint density at radius 3 is 2.80 bits per heavy atom. The summed E-state index contributed by atoms with van der Waals surface area (Å²) in [5, 5.41) is 13.8. The van der Waals surface area contributed by atoms with Crippen molar-refractivity contribution in [3.05, 3.63) is 46.6 Å². The van der Waals surface area contributed by atoms with Crippen LogP contribution in [-0.2, 0) is 4.79 Å². The number of rotatable bonds is 6. The van der Waals surface area contributed by atoms with E-state index in [-0.39, 0.29) is 6.61 Å². The number of carbonyl (C=O) groups is 1. The number of hydrogen-bond acceptors (Lipinski definition) is 7. The lowest BCUT2D eigenvalue weighted by molar-refractivity contribution is -0.139. The van der Waals surface area contributed by atoms with E-state index in [2.05, 4.69) is 27.4 Å². The monoisotopic (exact) mass is 356 g/mol. The average Bonchev–Trinajstić information content (AvgIpc) is 2.89. The quantitative estimate of drug-likeness (QED) is 0.520. The van der Waals surface area contributed by atoms with E-state index in [4.69, 9.17) is 9.84 Å². The van der Waals surface area contributed by atoms with Gasteiger partial charge in [-0.2, -0.15) is 5.10 Å². The Bertz CT molecular complexity index is 935. The smallest absolute Gasteiger partial charge is 0.341 e. The van der Waals surface area contributed by atoms with Gasteiger partial charge < -0.3 is 9.84 Å². The number of benzene rings is 1. The lowest BCUT2D eigenvalue weighted by atomic mass is 10.2. The summed E-state index contributed by atoms with van der Waals surface area (Å²) in [5.41, 5.74) is 4.96. The molecule has 0 unspecified atom stereocenters. The van der Waals surface area contributed by atoms with Gasteiger partial charge in [-0.05, 0) is 49.2 Å². The van der Waals surface area contributed by atoms with Crippen LogP contribution in [0.1, 0.15) is 16.0 Å². The molecule has 0 atom stereocenters. The second kappa shape index (κ2) is 7.27. The van der Waals surface area contributed by atoms with E-state index < -0.39 is 5.97 Å². The van der Waals surface area contributed by atoms with E-state index in [1.165, 1.54) is 11.2 Å². The molecule has 2 N–H and O–H groups in total. The van der Waals surface area contributed by atoms with Crippen molar-refractivity contribution in [2.24, 2.45) is 5.10 Å². The van der Waals surface area contributed by atoms with Crippen LogP contribution >= 0.6 is 11.3 Å². The van der Waals surface area contributed by atoms with Gasteiger partial charge >= 0.3 is 5.97 Å². The van der Waals surface area contributed by atoms with Crippen LogP contribution in [0.15, 0.2) is 35.7 Å². The molecule has 7 nitrogen and oxygen atoms in total. The lowest BCUT2D eigenvalue weighted by Gasteiger charge is -2.03. The predicted octanol–water partition coefficient (Wildman–Crippen LogP) is 3.22. The van der Waals surface area contributed by atoms with Gasteiger partial charge in [-0.25, -0.2) is 14.8 Å². The maximum absolute atomic E-state index is 10.5. The minimum absolute atomic E-state index is 0.363. The number of hydrazone groups is 1. The number of aryl methyl sites for hydroxylation is 2. The van der Waals surface area contributed by atoms with Gasteiger partial charge in [0.2, 0.25) is 0 Å². The Kier molecular flexibility index (Phi) is 4.90. The van der Waals surface area contributed by atoms with Gasteiger partial charge in [0.1, 0.15) is 16.9 Å². The summed E-state index contributed by atoms with van der Waals surface area (Å²) in [6, 6.07) is 6.97. The second-order valence-electron chi connectivity index (χ2n) is 5.31. The minimum atomic E-state index is -1.01. The molecule has 0 fully saturated rings. The van der Waals surface area contributed by atoms with Crippen molar-refractivity contribution < 1.29 is 14.6 Å². The number of nitrogens with zero attached hydrogens (tertiary/aromatic N) is 3. The third-order valence-corrected chi connectivity index (χ3v) is 4.71. The summed E-state index contributed by atoms with van der Waals surface area (Å²) < 4.78 is 5.08. The number of nitrogens with one attached hydrogen (secondary N) is 1. The molecule has 0 aliphatic carbocycles. The molecule has 128 valence electrons. The van der Waals surface area contributed by atoms with Crippen LogP contribution in [0.3, 0.4) is 0 Å². The highest BCUT2D eigenvalue weighted by Crippen LogP contribution is 2.32. The Morgan fingerprint density at radius 1 is 1.32 bits per heavy atom. The summed E-state index contributed by atoms with van der Waals surface area (Å²) in [6.45, 7) is 3.74. The first-order valence-electron chi connectivity index (χ1n) is 7.49. The largest absolute Gasteiger partial charge is 0.482 e. The van der Waals surface area contributed by atoms with E-state index in [1.54, 1.807) is 41.8 Å². The molecule has 25 heavy (non-hydrogen) atoms. The molecule has 3 rings (SSSR count). The van der Waals surface area contributed by atoms with Crippen molar-refractivity contribution >= 4 is 39.6 Å². The van der Waals surface area contributed by atoms with Gasteiger partial charge in [0, 0.05) is 4.88 Å². The van der Waals surface area contributed by atoms with Crippen LogP contribution in [0.4, 0.5) is 5.82 Å². The fourth-order valence-electron chi connectivity index (χ4n) is 2.23. The fourth-order valence-corrected chi connectivity index (χ4v) is 3.23. The third kappa shape index (κ3) is 3.92. The molecule has 0 radical (unpaired) electrons. The van der Waals surface area contributed by atoms with Crippen molar-refractivity contribution in [3.8, 4) is 5.75 Å². The third-order valence-electron chi connectivity index (χ3n) is 3.59. The molecule has 2 aromatic heterocycles. The van der Waals surface area contributed by atoms with Crippen LogP contribution in [0.25, 0.3) is 10.2 Å². The highest BCUT2D eigenvalue weighted by Gasteiger charge is 2.11. The van der Waals surface area contributed by atoms with Crippen molar-refractivity contribution in [2.45, 2.75) is 13.8 Å². The Morgan fingerprint density at radius 2 is 2.08 bits per heavy atom. The molecule has 0 saturated heterocycles. The molecule has 0 saturated carbocycles. The highest BCUT2D eigenvalue weighted by molar-refractivity contribution is 7.18. The van der Waals surface area contributed by atoms with Gasteiger partial charge in [-0.3, -0.25) is 5.43 Å². The maximum Gasteiger partial charge on any atom is 0.341 e. The van der Waals surface area contributed by atoms with Crippen molar-refractivity contribution in [3.63, 3.8) is 0 Å². The van der Waals surface area contributed by atoms with Gasteiger partial charge in [0.25, 0.3) is 0 Å². The molecule has 3 aromatic rings. The van der Waals surface area contributed by atoms with E-state index in [9.17, 15) is 4.79 Å². The summed E-state index contributed by atoms with van der Waals surface area (Å²) >= 11 is 1.63. The van der Waals surface area contributed by atoms with Crippen LogP contribution in [0.2, 0.25) is 0 Å². The van der Waals surface area contributed by atoms with Crippen molar-refractivity contribution in [1.82, 2.24) is 9.97 Å². The average molecular weight is 356 g/mol. The van der Waals surface area contributed by atoms with Crippen LogP contribution in [0.5, 0.6) is 5.75 Å². The maximum atomic E-state index is 10.5. The molecule has 0 amide bonds. The highest BCUT2D eigenvalue weighted by atomic mass is 32.1. The molecule has 0 aliphatic rings. The normalized spacial score (nSPS) is 11.1. The zero-order valence-electron chi connectivity index (χ0n) is 13.7. The molecule has 0 aliphatic heterocycles. The Labute approximate surface area is 148 Å². The summed E-state index contributed by atoms with van der Waals surface area (Å²) in [4.78, 5) is 21.2. The zero-order valence-corrected chi connectivity index (χ0v) is 14.5. The Balaban J connectivity index is 1.70. The van der Waals surface area contributed by atoms with Gasteiger partial charge in [-0.1, -0.05) is 0 Å². The van der Waals surface area contributed by atoms with E-state index >= 15 is 0 Å². The van der Waals surface area contributed by atoms with E-state index in [0.29, 0.717) is 11.6 Å². The molecule has 0 spiro atoms. The first-order chi connectivity index (χ1) is 12.0.